The molecule has 1 amide bonds. The normalized spacial score (nSPS) is 10.6. The van der Waals surface area contributed by atoms with Crippen molar-refractivity contribution in [1.82, 2.24) is 4.68 Å². The third-order valence-corrected chi connectivity index (χ3v) is 2.88. The first-order chi connectivity index (χ1) is 8.56. The van der Waals surface area contributed by atoms with Gasteiger partial charge in [-0.3, -0.25) is 15.0 Å². The van der Waals surface area contributed by atoms with E-state index in [0.717, 1.165) is 16.5 Å². The summed E-state index contributed by atoms with van der Waals surface area (Å²) in [5.41, 5.74) is 10.1. The number of ketones is 1. The molecule has 0 saturated heterocycles. The van der Waals surface area contributed by atoms with E-state index in [-0.39, 0.29) is 18.2 Å². The van der Waals surface area contributed by atoms with Crippen molar-refractivity contribution in [3.63, 3.8) is 0 Å². The Morgan fingerprint density at radius 3 is 2.61 bits per heavy atom. The highest BCUT2D eigenvalue weighted by Gasteiger charge is 2.18. The Morgan fingerprint density at radius 2 is 2.00 bits per heavy atom. The Kier molecular flexibility index (Phi) is 3.16. The molecule has 2 rings (SSSR count). The lowest BCUT2D eigenvalue weighted by molar-refractivity contribution is -0.115. The van der Waals surface area contributed by atoms with Gasteiger partial charge in [-0.05, 0) is 18.6 Å². The van der Waals surface area contributed by atoms with E-state index in [1.54, 1.807) is 0 Å². The monoisotopic (exact) mass is 245 g/mol. The average molecular weight is 245 g/mol. The highest BCUT2D eigenvalue weighted by Crippen LogP contribution is 2.24. The summed E-state index contributed by atoms with van der Waals surface area (Å²) in [6.07, 6.45) is 0. The van der Waals surface area contributed by atoms with E-state index in [0.29, 0.717) is 5.69 Å². The lowest BCUT2D eigenvalue weighted by Crippen LogP contribution is -2.30. The second-order valence-corrected chi connectivity index (χ2v) is 4.12. The molecular weight excluding hydrogens is 230 g/mol. The molecule has 94 valence electrons. The van der Waals surface area contributed by atoms with Crippen LogP contribution in [0.2, 0.25) is 0 Å². The van der Waals surface area contributed by atoms with Gasteiger partial charge in [0.05, 0.1) is 12.1 Å². The number of nitrogens with two attached hydrogens (primary N) is 1. The highest BCUT2D eigenvalue weighted by atomic mass is 16.2. The molecule has 0 atom stereocenters. The average Bonchev–Trinajstić information content (AvgIpc) is 2.63. The standard InChI is InChI=1S/C13H15N3O2/c1-8-10-5-3-4-6-11(10)16(13(8)9(2)17)15-12(18)7-14/h3-6H,7,14H2,1-2H3,(H,15,18). The second-order valence-electron chi connectivity index (χ2n) is 4.12. The Bertz CT molecular complexity index is 628. The minimum Gasteiger partial charge on any atom is -0.322 e. The molecule has 1 aromatic carbocycles. The third kappa shape index (κ3) is 1.89. The smallest absolute Gasteiger partial charge is 0.252 e. The van der Waals surface area contributed by atoms with Crippen LogP contribution >= 0.6 is 0 Å². The largest absolute Gasteiger partial charge is 0.322 e. The number of amides is 1. The van der Waals surface area contributed by atoms with E-state index in [2.05, 4.69) is 5.43 Å². The first-order valence-corrected chi connectivity index (χ1v) is 5.67. The minimum atomic E-state index is -0.335. The molecule has 2 aromatic rings. The van der Waals surface area contributed by atoms with Gasteiger partial charge in [0.15, 0.2) is 5.78 Å². The van der Waals surface area contributed by atoms with Gasteiger partial charge in [-0.1, -0.05) is 18.2 Å². The van der Waals surface area contributed by atoms with Crippen molar-refractivity contribution in [2.24, 2.45) is 5.73 Å². The first kappa shape index (κ1) is 12.3. The Labute approximate surface area is 105 Å². The number of Topliss-reactive ketones (excluding diaryl/α,β-unsaturated/α-hetero) is 1. The number of fused-ring (bicyclic) bond motifs is 1. The fraction of sp³-hybridized carbons (Fsp3) is 0.231. The van der Waals surface area contributed by atoms with E-state index in [9.17, 15) is 9.59 Å². The molecule has 0 radical (unpaired) electrons. The Balaban J connectivity index is 2.71. The zero-order chi connectivity index (χ0) is 13.3. The molecule has 1 heterocycles. The Morgan fingerprint density at radius 1 is 1.33 bits per heavy atom. The SMILES string of the molecule is CC(=O)c1c(C)c2ccccc2n1NC(=O)CN. The third-order valence-electron chi connectivity index (χ3n) is 2.88. The molecule has 0 aliphatic carbocycles. The summed E-state index contributed by atoms with van der Waals surface area (Å²) < 4.78 is 1.52. The maximum Gasteiger partial charge on any atom is 0.252 e. The van der Waals surface area contributed by atoms with Crippen molar-refractivity contribution in [1.29, 1.82) is 0 Å². The van der Waals surface area contributed by atoms with Crippen molar-refractivity contribution in [3.8, 4) is 0 Å². The van der Waals surface area contributed by atoms with Gasteiger partial charge in [0.2, 0.25) is 0 Å². The topological polar surface area (TPSA) is 77.1 Å². The number of hydrogen-bond donors (Lipinski definition) is 2. The van der Waals surface area contributed by atoms with Crippen LogP contribution in [-0.4, -0.2) is 22.9 Å². The fourth-order valence-corrected chi connectivity index (χ4v) is 2.11. The van der Waals surface area contributed by atoms with Crippen LogP contribution in [0.1, 0.15) is 23.0 Å². The van der Waals surface area contributed by atoms with E-state index in [1.807, 2.05) is 31.2 Å². The summed E-state index contributed by atoms with van der Waals surface area (Å²) >= 11 is 0. The van der Waals surface area contributed by atoms with Gasteiger partial charge in [-0.2, -0.15) is 0 Å². The van der Waals surface area contributed by atoms with Crippen LogP contribution in [0, 0.1) is 6.92 Å². The number of hydrogen-bond acceptors (Lipinski definition) is 3. The highest BCUT2D eigenvalue weighted by molar-refractivity contribution is 6.03. The molecule has 0 aliphatic heterocycles. The quantitative estimate of drug-likeness (QED) is 0.797. The number of nitrogens with zero attached hydrogens (tertiary/aromatic N) is 1. The van der Waals surface area contributed by atoms with Crippen molar-refractivity contribution in [2.45, 2.75) is 13.8 Å². The van der Waals surface area contributed by atoms with E-state index < -0.39 is 0 Å². The van der Waals surface area contributed by atoms with Crippen molar-refractivity contribution < 1.29 is 9.59 Å². The molecular formula is C13H15N3O2. The van der Waals surface area contributed by atoms with Gasteiger partial charge in [0, 0.05) is 12.3 Å². The fourth-order valence-electron chi connectivity index (χ4n) is 2.11. The van der Waals surface area contributed by atoms with Crippen molar-refractivity contribution in [2.75, 3.05) is 12.0 Å². The minimum absolute atomic E-state index is 0.0963. The van der Waals surface area contributed by atoms with Crippen LogP contribution in [-0.2, 0) is 4.79 Å². The molecule has 5 heteroatoms. The van der Waals surface area contributed by atoms with Crippen LogP contribution in [0.25, 0.3) is 10.9 Å². The van der Waals surface area contributed by atoms with Crippen LogP contribution in [0.3, 0.4) is 0 Å². The summed E-state index contributed by atoms with van der Waals surface area (Å²) in [5, 5.41) is 0.944. The van der Waals surface area contributed by atoms with Gasteiger partial charge in [0.25, 0.3) is 5.91 Å². The van der Waals surface area contributed by atoms with Crippen molar-refractivity contribution in [3.05, 3.63) is 35.5 Å². The molecule has 0 bridgehead atoms. The lowest BCUT2D eigenvalue weighted by Gasteiger charge is -2.10. The number of rotatable bonds is 3. The van der Waals surface area contributed by atoms with Crippen LogP contribution in [0.5, 0.6) is 0 Å². The number of carbonyl (C=O) groups is 2. The molecule has 0 fully saturated rings. The van der Waals surface area contributed by atoms with Gasteiger partial charge < -0.3 is 5.73 Å². The molecule has 5 nitrogen and oxygen atoms in total. The number of nitrogens with one attached hydrogen (secondary N) is 1. The van der Waals surface area contributed by atoms with E-state index in [4.69, 9.17) is 5.73 Å². The predicted molar refractivity (Wildman–Crippen MR) is 70.1 cm³/mol. The Hall–Kier alpha value is -2.14. The molecule has 0 spiro atoms. The molecule has 3 N–H and O–H groups in total. The molecule has 1 aromatic heterocycles. The summed E-state index contributed by atoms with van der Waals surface area (Å²) in [7, 11) is 0. The summed E-state index contributed by atoms with van der Waals surface area (Å²) in [4.78, 5) is 23.2. The number of aryl methyl sites for hydroxylation is 1. The van der Waals surface area contributed by atoms with Crippen LogP contribution in [0.15, 0.2) is 24.3 Å². The van der Waals surface area contributed by atoms with Crippen LogP contribution < -0.4 is 11.2 Å². The maximum absolute atomic E-state index is 11.7. The summed E-state index contributed by atoms with van der Waals surface area (Å²) in [5.74, 6) is -0.431. The maximum atomic E-state index is 11.7. The predicted octanol–water partition coefficient (Wildman–Crippen LogP) is 1.18. The van der Waals surface area contributed by atoms with Crippen LogP contribution in [0.4, 0.5) is 0 Å². The second kappa shape index (κ2) is 4.62. The number of para-hydroxylation sites is 1. The van der Waals surface area contributed by atoms with Gasteiger partial charge >= 0.3 is 0 Å². The number of carbonyl (C=O) groups excluding carboxylic acids is 2. The molecule has 0 unspecified atom stereocenters. The summed E-state index contributed by atoms with van der Waals surface area (Å²) in [6.45, 7) is 3.22. The van der Waals surface area contributed by atoms with E-state index >= 15 is 0 Å². The first-order valence-electron chi connectivity index (χ1n) is 5.67. The zero-order valence-corrected chi connectivity index (χ0v) is 10.4. The van der Waals surface area contributed by atoms with Gasteiger partial charge in [0.1, 0.15) is 5.69 Å². The molecule has 18 heavy (non-hydrogen) atoms. The van der Waals surface area contributed by atoms with E-state index in [1.165, 1.54) is 11.6 Å². The summed E-state index contributed by atoms with van der Waals surface area (Å²) in [6, 6.07) is 7.53. The van der Waals surface area contributed by atoms with Gasteiger partial charge in [-0.15, -0.1) is 0 Å². The molecule has 0 aliphatic rings. The lowest BCUT2D eigenvalue weighted by atomic mass is 10.1. The van der Waals surface area contributed by atoms with Crippen molar-refractivity contribution >= 4 is 22.6 Å². The number of benzene rings is 1. The van der Waals surface area contributed by atoms with Gasteiger partial charge in [-0.25, -0.2) is 4.68 Å². The number of aromatic nitrogens is 1. The zero-order valence-electron chi connectivity index (χ0n) is 10.4. The molecule has 0 saturated carbocycles.